The molecule has 1 aliphatic heterocycles. The monoisotopic (exact) mass is 360 g/mol. The predicted molar refractivity (Wildman–Crippen MR) is 97.1 cm³/mol. The highest BCUT2D eigenvalue weighted by molar-refractivity contribution is 6.06. The molecule has 1 atom stereocenters. The molecule has 4 rings (SSSR count). The molecule has 2 aromatic carbocycles. The average Bonchev–Trinajstić information content (AvgIpc) is 3.20. The molecule has 5 heteroatoms. The first kappa shape index (κ1) is 17.1. The molecule has 0 saturated heterocycles. The summed E-state index contributed by atoms with van der Waals surface area (Å²) in [7, 11) is 0. The Labute approximate surface area is 150 Å². The molecule has 1 aromatic heterocycles. The Kier molecular flexibility index (Phi) is 4.47. The van der Waals surface area contributed by atoms with Crippen LogP contribution in [-0.2, 0) is 6.42 Å². The standard InChI is InChI=1S/C21H22F2O3/c1-3-5-9-24-16-8-7-14-15-11-12-10-13(6-4-2)25-19(12)18(23)21(15)26-20(14)17(16)22/h7-8,11,13H,3-6,9-10H2,1-2H3. The lowest BCUT2D eigenvalue weighted by Crippen LogP contribution is -2.11. The van der Waals surface area contributed by atoms with Crippen LogP contribution in [-0.4, -0.2) is 12.7 Å². The van der Waals surface area contributed by atoms with E-state index in [0.717, 1.165) is 31.2 Å². The van der Waals surface area contributed by atoms with Gasteiger partial charge in [-0.25, -0.2) is 0 Å². The fraction of sp³-hybridized carbons (Fsp3) is 0.429. The van der Waals surface area contributed by atoms with E-state index in [1.165, 1.54) is 0 Å². The highest BCUT2D eigenvalue weighted by Crippen LogP contribution is 2.42. The largest absolute Gasteiger partial charge is 0.490 e. The van der Waals surface area contributed by atoms with Gasteiger partial charge in [0.1, 0.15) is 6.10 Å². The topological polar surface area (TPSA) is 31.6 Å². The SMILES string of the molecule is CCCCOc1ccc2c(oc3c(F)c4c(cc32)CC(CCC)O4)c1F. The second kappa shape index (κ2) is 6.78. The van der Waals surface area contributed by atoms with E-state index >= 15 is 0 Å². The molecule has 0 radical (unpaired) electrons. The Balaban J connectivity index is 1.79. The minimum atomic E-state index is -0.584. The van der Waals surface area contributed by atoms with Crippen molar-refractivity contribution in [2.45, 2.75) is 52.1 Å². The van der Waals surface area contributed by atoms with Crippen molar-refractivity contribution in [3.8, 4) is 11.5 Å². The minimum absolute atomic E-state index is 0.00225. The van der Waals surface area contributed by atoms with E-state index in [4.69, 9.17) is 13.9 Å². The number of halogens is 2. The van der Waals surface area contributed by atoms with Gasteiger partial charge in [-0.05, 0) is 31.0 Å². The quantitative estimate of drug-likeness (QED) is 0.494. The number of benzene rings is 2. The highest BCUT2D eigenvalue weighted by atomic mass is 19.1. The minimum Gasteiger partial charge on any atom is -0.490 e. The molecule has 3 nitrogen and oxygen atoms in total. The molecule has 3 aromatic rings. The van der Waals surface area contributed by atoms with E-state index in [1.54, 1.807) is 12.1 Å². The number of ether oxygens (including phenoxy) is 2. The second-order valence-corrected chi connectivity index (χ2v) is 6.85. The molecule has 1 aliphatic rings. The zero-order valence-corrected chi connectivity index (χ0v) is 15.0. The van der Waals surface area contributed by atoms with Gasteiger partial charge in [0, 0.05) is 22.8 Å². The lowest BCUT2D eigenvalue weighted by molar-refractivity contribution is 0.212. The van der Waals surface area contributed by atoms with Crippen LogP contribution in [0.5, 0.6) is 11.5 Å². The van der Waals surface area contributed by atoms with Crippen molar-refractivity contribution in [2.75, 3.05) is 6.61 Å². The normalized spacial score (nSPS) is 16.2. The summed E-state index contributed by atoms with van der Waals surface area (Å²) in [4.78, 5) is 0. The van der Waals surface area contributed by atoms with Crippen molar-refractivity contribution in [1.82, 2.24) is 0 Å². The van der Waals surface area contributed by atoms with Crippen LogP contribution in [0.2, 0.25) is 0 Å². The van der Waals surface area contributed by atoms with E-state index < -0.39 is 11.6 Å². The molecule has 0 spiro atoms. The number of rotatable bonds is 6. The van der Waals surface area contributed by atoms with Crippen LogP contribution in [0.1, 0.15) is 45.1 Å². The Morgan fingerprint density at radius 3 is 2.65 bits per heavy atom. The number of hydrogen-bond donors (Lipinski definition) is 0. The van der Waals surface area contributed by atoms with Crippen LogP contribution in [0.25, 0.3) is 21.9 Å². The van der Waals surface area contributed by atoms with Gasteiger partial charge in [-0.1, -0.05) is 26.7 Å². The fourth-order valence-corrected chi connectivity index (χ4v) is 3.57. The van der Waals surface area contributed by atoms with Gasteiger partial charge < -0.3 is 13.9 Å². The van der Waals surface area contributed by atoms with Crippen LogP contribution in [0, 0.1) is 11.6 Å². The summed E-state index contributed by atoms with van der Waals surface area (Å²) in [6.07, 6.45) is 4.33. The Morgan fingerprint density at radius 1 is 1.08 bits per heavy atom. The summed E-state index contributed by atoms with van der Waals surface area (Å²) in [6.45, 7) is 4.55. The van der Waals surface area contributed by atoms with Crippen molar-refractivity contribution >= 4 is 21.9 Å². The Hall–Kier alpha value is -2.30. The molecule has 0 N–H and O–H groups in total. The zero-order chi connectivity index (χ0) is 18.3. The summed E-state index contributed by atoms with van der Waals surface area (Å²) >= 11 is 0. The summed E-state index contributed by atoms with van der Waals surface area (Å²) in [6, 6.07) is 5.19. The molecule has 0 bridgehead atoms. The number of furan rings is 1. The van der Waals surface area contributed by atoms with Crippen LogP contribution in [0.3, 0.4) is 0 Å². The van der Waals surface area contributed by atoms with Gasteiger partial charge in [0.2, 0.25) is 11.6 Å². The van der Waals surface area contributed by atoms with Crippen LogP contribution in [0.4, 0.5) is 8.78 Å². The molecular formula is C21H22F2O3. The lowest BCUT2D eigenvalue weighted by atomic mass is 10.0. The second-order valence-electron chi connectivity index (χ2n) is 6.85. The van der Waals surface area contributed by atoms with Gasteiger partial charge in [0.05, 0.1) is 6.61 Å². The van der Waals surface area contributed by atoms with Crippen LogP contribution in [0.15, 0.2) is 22.6 Å². The van der Waals surface area contributed by atoms with Crippen LogP contribution >= 0.6 is 0 Å². The van der Waals surface area contributed by atoms with E-state index in [2.05, 4.69) is 6.92 Å². The average molecular weight is 360 g/mol. The van der Waals surface area contributed by atoms with E-state index in [0.29, 0.717) is 23.8 Å². The Morgan fingerprint density at radius 2 is 1.88 bits per heavy atom. The smallest absolute Gasteiger partial charge is 0.208 e. The molecule has 0 saturated carbocycles. The number of hydrogen-bond acceptors (Lipinski definition) is 3. The van der Waals surface area contributed by atoms with Crippen molar-refractivity contribution in [2.24, 2.45) is 0 Å². The Bertz CT molecular complexity index is 961. The summed E-state index contributed by atoms with van der Waals surface area (Å²) in [5.41, 5.74) is 0.891. The number of fused-ring (bicyclic) bond motifs is 4. The third-order valence-electron chi connectivity index (χ3n) is 4.91. The number of unbranched alkanes of at least 4 members (excludes halogenated alkanes) is 1. The van der Waals surface area contributed by atoms with Gasteiger partial charge in [-0.15, -0.1) is 0 Å². The van der Waals surface area contributed by atoms with Gasteiger partial charge in [0.15, 0.2) is 22.7 Å². The summed E-state index contributed by atoms with van der Waals surface area (Å²) < 4.78 is 46.5. The molecule has 138 valence electrons. The highest BCUT2D eigenvalue weighted by Gasteiger charge is 2.29. The maximum atomic E-state index is 14.9. The maximum Gasteiger partial charge on any atom is 0.208 e. The van der Waals surface area contributed by atoms with E-state index in [-0.39, 0.29) is 28.8 Å². The van der Waals surface area contributed by atoms with Gasteiger partial charge in [-0.2, -0.15) is 8.78 Å². The first-order valence-electron chi connectivity index (χ1n) is 9.29. The molecule has 0 amide bonds. The molecule has 1 unspecified atom stereocenters. The third kappa shape index (κ3) is 2.70. The van der Waals surface area contributed by atoms with Crippen molar-refractivity contribution in [3.05, 3.63) is 35.4 Å². The molecule has 26 heavy (non-hydrogen) atoms. The maximum absolute atomic E-state index is 14.9. The lowest BCUT2D eigenvalue weighted by Gasteiger charge is -2.08. The summed E-state index contributed by atoms with van der Waals surface area (Å²) in [5, 5.41) is 1.14. The van der Waals surface area contributed by atoms with Crippen LogP contribution < -0.4 is 9.47 Å². The van der Waals surface area contributed by atoms with Gasteiger partial charge in [0.25, 0.3) is 0 Å². The van der Waals surface area contributed by atoms with E-state index in [1.807, 2.05) is 13.0 Å². The molecular weight excluding hydrogens is 338 g/mol. The van der Waals surface area contributed by atoms with Crippen molar-refractivity contribution in [3.63, 3.8) is 0 Å². The molecule has 0 aliphatic carbocycles. The van der Waals surface area contributed by atoms with Gasteiger partial charge in [-0.3, -0.25) is 0 Å². The first-order chi connectivity index (χ1) is 12.6. The molecule has 0 fully saturated rings. The fourth-order valence-electron chi connectivity index (χ4n) is 3.57. The van der Waals surface area contributed by atoms with Crippen molar-refractivity contribution < 1.29 is 22.7 Å². The molecule has 2 heterocycles. The summed E-state index contributed by atoms with van der Waals surface area (Å²) in [5.74, 6) is -0.744. The predicted octanol–water partition coefficient (Wildman–Crippen LogP) is 6.15. The van der Waals surface area contributed by atoms with Crippen molar-refractivity contribution in [1.29, 1.82) is 0 Å². The van der Waals surface area contributed by atoms with Gasteiger partial charge >= 0.3 is 0 Å². The zero-order valence-electron chi connectivity index (χ0n) is 15.0. The first-order valence-corrected chi connectivity index (χ1v) is 9.29. The van der Waals surface area contributed by atoms with E-state index in [9.17, 15) is 8.78 Å². The third-order valence-corrected chi connectivity index (χ3v) is 4.91.